The maximum Gasteiger partial charge on any atom is 0.339 e. The Kier molecular flexibility index (Phi) is 5.81. The van der Waals surface area contributed by atoms with Crippen LogP contribution in [0.1, 0.15) is 21.5 Å². The standard InChI is InChI=1S/C17H15N3O7/c1-10-5-3-8-14(20(25)26)16(10)18-15(21)9-27-17(22)12-6-4-7-13(11(12)2)19(23)24/h3-8H,9H2,1-2H3,(H,18,21). The molecule has 0 radical (unpaired) electrons. The third-order valence-corrected chi connectivity index (χ3v) is 3.77. The van der Waals surface area contributed by atoms with Crippen LogP contribution in [0, 0.1) is 34.1 Å². The van der Waals surface area contributed by atoms with E-state index in [1.54, 1.807) is 13.0 Å². The van der Waals surface area contributed by atoms with E-state index in [0.29, 0.717) is 5.56 Å². The number of carbonyl (C=O) groups excluding carboxylic acids is 2. The van der Waals surface area contributed by atoms with Crippen molar-refractivity contribution in [1.82, 2.24) is 0 Å². The summed E-state index contributed by atoms with van der Waals surface area (Å²) in [5, 5.41) is 24.3. The van der Waals surface area contributed by atoms with E-state index in [4.69, 9.17) is 4.74 Å². The lowest BCUT2D eigenvalue weighted by atomic mass is 10.1. The predicted octanol–water partition coefficient (Wildman–Crippen LogP) is 2.92. The molecule has 0 fully saturated rings. The fourth-order valence-electron chi connectivity index (χ4n) is 2.39. The molecule has 0 saturated carbocycles. The van der Waals surface area contributed by atoms with E-state index in [0.717, 1.165) is 0 Å². The maximum absolute atomic E-state index is 12.1. The van der Waals surface area contributed by atoms with E-state index in [1.807, 2.05) is 0 Å². The molecule has 1 amide bonds. The zero-order valence-electron chi connectivity index (χ0n) is 14.4. The molecule has 0 spiro atoms. The molecule has 27 heavy (non-hydrogen) atoms. The first kappa shape index (κ1) is 19.5. The minimum absolute atomic E-state index is 0.00933. The zero-order chi connectivity index (χ0) is 20.1. The van der Waals surface area contributed by atoms with Crippen LogP contribution in [0.25, 0.3) is 0 Å². The van der Waals surface area contributed by atoms with E-state index in [-0.39, 0.29) is 28.2 Å². The number of nitrogens with zero attached hydrogens (tertiary/aromatic N) is 2. The highest BCUT2D eigenvalue weighted by Gasteiger charge is 2.21. The van der Waals surface area contributed by atoms with Gasteiger partial charge in [0.25, 0.3) is 17.3 Å². The second-order valence-corrected chi connectivity index (χ2v) is 5.56. The number of carbonyl (C=O) groups is 2. The Bertz CT molecular complexity index is 940. The van der Waals surface area contributed by atoms with Crippen LogP contribution in [-0.4, -0.2) is 28.3 Å². The van der Waals surface area contributed by atoms with Gasteiger partial charge in [0.15, 0.2) is 6.61 Å². The van der Waals surface area contributed by atoms with Crippen molar-refractivity contribution >= 4 is 28.9 Å². The molecule has 0 unspecified atom stereocenters. The highest BCUT2D eigenvalue weighted by molar-refractivity contribution is 5.98. The molecule has 2 aromatic carbocycles. The molecule has 10 nitrogen and oxygen atoms in total. The number of amides is 1. The van der Waals surface area contributed by atoms with Gasteiger partial charge in [-0.2, -0.15) is 0 Å². The van der Waals surface area contributed by atoms with Crippen molar-refractivity contribution in [3.8, 4) is 0 Å². The Morgan fingerprint density at radius 2 is 1.59 bits per heavy atom. The Morgan fingerprint density at radius 3 is 2.22 bits per heavy atom. The molecule has 0 heterocycles. The zero-order valence-corrected chi connectivity index (χ0v) is 14.4. The molecule has 0 aliphatic heterocycles. The average molecular weight is 373 g/mol. The smallest absolute Gasteiger partial charge is 0.339 e. The van der Waals surface area contributed by atoms with Crippen molar-refractivity contribution in [2.75, 3.05) is 11.9 Å². The lowest BCUT2D eigenvalue weighted by Crippen LogP contribution is -2.22. The quantitative estimate of drug-likeness (QED) is 0.466. The molecule has 0 aliphatic carbocycles. The summed E-state index contributed by atoms with van der Waals surface area (Å²) in [6.07, 6.45) is 0. The molecule has 0 aliphatic rings. The molecule has 0 saturated heterocycles. The number of benzene rings is 2. The summed E-state index contributed by atoms with van der Waals surface area (Å²) in [5.74, 6) is -1.69. The first-order valence-electron chi connectivity index (χ1n) is 7.67. The number of nitro groups is 2. The van der Waals surface area contributed by atoms with Gasteiger partial charge >= 0.3 is 5.97 Å². The number of rotatable bonds is 6. The van der Waals surface area contributed by atoms with Crippen LogP contribution in [-0.2, 0) is 9.53 Å². The summed E-state index contributed by atoms with van der Waals surface area (Å²) < 4.78 is 4.87. The number of esters is 1. The minimum Gasteiger partial charge on any atom is -0.452 e. The first-order valence-corrected chi connectivity index (χ1v) is 7.67. The van der Waals surface area contributed by atoms with Gasteiger partial charge in [-0.15, -0.1) is 0 Å². The van der Waals surface area contributed by atoms with Crippen LogP contribution in [0.15, 0.2) is 36.4 Å². The van der Waals surface area contributed by atoms with Gasteiger partial charge in [-0.25, -0.2) is 4.79 Å². The van der Waals surface area contributed by atoms with Crippen molar-refractivity contribution in [1.29, 1.82) is 0 Å². The third-order valence-electron chi connectivity index (χ3n) is 3.77. The lowest BCUT2D eigenvalue weighted by molar-refractivity contribution is -0.385. The van der Waals surface area contributed by atoms with Crippen molar-refractivity contribution < 1.29 is 24.2 Å². The van der Waals surface area contributed by atoms with Crippen molar-refractivity contribution in [2.24, 2.45) is 0 Å². The molecular weight excluding hydrogens is 358 g/mol. The van der Waals surface area contributed by atoms with Crippen molar-refractivity contribution in [3.63, 3.8) is 0 Å². The number of nitro benzene ring substituents is 2. The van der Waals surface area contributed by atoms with Crippen LogP contribution >= 0.6 is 0 Å². The Labute approximate surface area is 153 Å². The van der Waals surface area contributed by atoms with Crippen molar-refractivity contribution in [3.05, 3.63) is 73.3 Å². The SMILES string of the molecule is Cc1cccc([N+](=O)[O-])c1NC(=O)COC(=O)c1cccc([N+](=O)[O-])c1C. The molecular formula is C17H15N3O7. The van der Waals surface area contributed by atoms with Crippen LogP contribution in [0.4, 0.5) is 17.1 Å². The molecule has 0 aromatic heterocycles. The fourth-order valence-corrected chi connectivity index (χ4v) is 2.39. The Hall–Kier alpha value is -3.82. The van der Waals surface area contributed by atoms with Crippen LogP contribution in [0.5, 0.6) is 0 Å². The number of aryl methyl sites for hydroxylation is 1. The number of hydrogen-bond acceptors (Lipinski definition) is 7. The summed E-state index contributed by atoms with van der Waals surface area (Å²) in [6, 6.07) is 8.22. The van der Waals surface area contributed by atoms with E-state index in [9.17, 15) is 29.8 Å². The molecule has 2 aromatic rings. The van der Waals surface area contributed by atoms with Crippen LogP contribution in [0.3, 0.4) is 0 Å². The topological polar surface area (TPSA) is 142 Å². The highest BCUT2D eigenvalue weighted by Crippen LogP contribution is 2.27. The summed E-state index contributed by atoms with van der Waals surface area (Å²) >= 11 is 0. The summed E-state index contributed by atoms with van der Waals surface area (Å²) in [7, 11) is 0. The normalized spacial score (nSPS) is 10.1. The molecule has 0 atom stereocenters. The van der Waals surface area contributed by atoms with Gasteiger partial charge in [-0.1, -0.05) is 18.2 Å². The molecule has 10 heteroatoms. The fraction of sp³-hybridized carbons (Fsp3) is 0.176. The Morgan fingerprint density at radius 1 is 1.00 bits per heavy atom. The van der Waals surface area contributed by atoms with Gasteiger partial charge in [0, 0.05) is 17.7 Å². The summed E-state index contributed by atoms with van der Waals surface area (Å²) in [6.45, 7) is 2.28. The summed E-state index contributed by atoms with van der Waals surface area (Å²) in [4.78, 5) is 44.8. The number of ether oxygens (including phenoxy) is 1. The summed E-state index contributed by atoms with van der Waals surface area (Å²) in [5.41, 5.74) is 0.0171. The average Bonchev–Trinajstić information content (AvgIpc) is 2.61. The number of nitrogens with one attached hydrogen (secondary N) is 1. The van der Waals surface area contributed by atoms with E-state index < -0.39 is 28.3 Å². The van der Waals surface area contributed by atoms with Gasteiger partial charge in [-0.3, -0.25) is 25.0 Å². The second-order valence-electron chi connectivity index (χ2n) is 5.56. The van der Waals surface area contributed by atoms with Gasteiger partial charge in [0.05, 0.1) is 15.4 Å². The van der Waals surface area contributed by atoms with E-state index >= 15 is 0 Å². The number of anilines is 1. The molecule has 1 N–H and O–H groups in total. The monoisotopic (exact) mass is 373 g/mol. The molecule has 140 valence electrons. The van der Waals surface area contributed by atoms with Gasteiger partial charge < -0.3 is 10.1 Å². The third kappa shape index (κ3) is 4.42. The molecule has 2 rings (SSSR count). The molecule has 0 bridgehead atoms. The van der Waals surface area contributed by atoms with Gasteiger partial charge in [0.1, 0.15) is 5.69 Å². The van der Waals surface area contributed by atoms with Crippen LogP contribution in [0.2, 0.25) is 0 Å². The van der Waals surface area contributed by atoms with Crippen molar-refractivity contribution in [2.45, 2.75) is 13.8 Å². The minimum atomic E-state index is -0.911. The van der Waals surface area contributed by atoms with E-state index in [2.05, 4.69) is 5.32 Å². The highest BCUT2D eigenvalue weighted by atomic mass is 16.6. The second kappa shape index (κ2) is 8.04. The van der Waals surface area contributed by atoms with Crippen LogP contribution < -0.4 is 5.32 Å². The van der Waals surface area contributed by atoms with Gasteiger partial charge in [-0.05, 0) is 25.5 Å². The predicted molar refractivity (Wildman–Crippen MR) is 94.6 cm³/mol. The van der Waals surface area contributed by atoms with Gasteiger partial charge in [0.2, 0.25) is 0 Å². The first-order chi connectivity index (χ1) is 12.7. The Balaban J connectivity index is 2.09. The largest absolute Gasteiger partial charge is 0.452 e. The van der Waals surface area contributed by atoms with E-state index in [1.165, 1.54) is 37.3 Å². The lowest BCUT2D eigenvalue weighted by Gasteiger charge is -2.10. The maximum atomic E-state index is 12.1. The number of para-hydroxylation sites is 1. The number of hydrogen-bond donors (Lipinski definition) is 1.